The fourth-order valence-corrected chi connectivity index (χ4v) is 5.03. The second-order valence-corrected chi connectivity index (χ2v) is 8.48. The topological polar surface area (TPSA) is 35.6 Å². The summed E-state index contributed by atoms with van der Waals surface area (Å²) in [6.45, 7) is 3.72. The van der Waals surface area contributed by atoms with Crippen LogP contribution in [0.5, 0.6) is 0 Å². The number of hydrogen-bond donors (Lipinski definition) is 1. The molecule has 2 fully saturated rings. The number of hydrogen-bond acceptors (Lipinski definition) is 4. The maximum Gasteiger partial charge on any atom is 0.247 e. The van der Waals surface area contributed by atoms with Crippen molar-refractivity contribution in [2.45, 2.75) is 29.7 Å². The van der Waals surface area contributed by atoms with Crippen molar-refractivity contribution in [3.63, 3.8) is 0 Å². The smallest absolute Gasteiger partial charge is 0.247 e. The number of piperidine rings is 1. The number of carbonyl (C=O) groups excluding carboxylic acids is 1. The first-order valence-electron chi connectivity index (χ1n) is 9.79. The summed E-state index contributed by atoms with van der Waals surface area (Å²) in [5.41, 5.74) is 0.778. The van der Waals surface area contributed by atoms with Crippen LogP contribution in [-0.2, 0) is 4.79 Å². The van der Waals surface area contributed by atoms with E-state index in [4.69, 9.17) is 0 Å². The van der Waals surface area contributed by atoms with Crippen molar-refractivity contribution in [1.29, 1.82) is 0 Å². The molecule has 0 unspecified atom stereocenters. The van der Waals surface area contributed by atoms with E-state index in [0.717, 1.165) is 43.9 Å². The predicted octanol–water partition coefficient (Wildman–Crippen LogP) is 3.60. The first kappa shape index (κ1) is 18.4. The van der Waals surface area contributed by atoms with Gasteiger partial charge in [-0.3, -0.25) is 4.79 Å². The van der Waals surface area contributed by atoms with Gasteiger partial charge in [0.05, 0.1) is 6.67 Å². The molecule has 0 bridgehead atoms. The molecular weight excluding hydrogens is 354 g/mol. The Kier molecular flexibility index (Phi) is 5.69. The van der Waals surface area contributed by atoms with Crippen molar-refractivity contribution < 1.29 is 4.79 Å². The Labute approximate surface area is 165 Å². The van der Waals surface area contributed by atoms with Crippen LogP contribution in [0.3, 0.4) is 0 Å². The Morgan fingerprint density at radius 2 is 1.63 bits per heavy atom. The molecule has 0 radical (unpaired) electrons. The zero-order valence-corrected chi connectivity index (χ0v) is 16.5. The first-order chi connectivity index (χ1) is 13.3. The number of para-hydroxylation sites is 1. The highest BCUT2D eigenvalue weighted by Gasteiger charge is 2.50. The SMILES string of the molecule is O=C1NCN(c2ccccc2)C12CCN(CCCSc1ccccc1)CC2. The number of amides is 1. The van der Waals surface area contributed by atoms with Gasteiger partial charge in [-0.05, 0) is 55.8 Å². The fraction of sp³-hybridized carbons (Fsp3) is 0.409. The molecule has 4 rings (SSSR count). The van der Waals surface area contributed by atoms with Gasteiger partial charge in [0.15, 0.2) is 0 Å². The summed E-state index contributed by atoms with van der Waals surface area (Å²) in [6.07, 6.45) is 2.99. The summed E-state index contributed by atoms with van der Waals surface area (Å²) in [5, 5.41) is 3.08. The molecule has 2 aliphatic rings. The second kappa shape index (κ2) is 8.36. The molecule has 4 nitrogen and oxygen atoms in total. The highest BCUT2D eigenvalue weighted by molar-refractivity contribution is 7.99. The quantitative estimate of drug-likeness (QED) is 0.613. The van der Waals surface area contributed by atoms with Crippen LogP contribution in [0.4, 0.5) is 5.69 Å². The standard InChI is InChI=1S/C22H27N3OS/c26-21-22(25(18-23-21)19-8-3-1-4-9-19)12-15-24(16-13-22)14-7-17-27-20-10-5-2-6-11-20/h1-6,8-11H,7,12-18H2,(H,23,26). The molecule has 2 saturated heterocycles. The maximum atomic E-state index is 12.7. The van der Waals surface area contributed by atoms with Gasteiger partial charge in [-0.2, -0.15) is 0 Å². The summed E-state index contributed by atoms with van der Waals surface area (Å²) in [6, 6.07) is 20.9. The summed E-state index contributed by atoms with van der Waals surface area (Å²) < 4.78 is 0. The van der Waals surface area contributed by atoms with Gasteiger partial charge in [-0.25, -0.2) is 0 Å². The van der Waals surface area contributed by atoms with Gasteiger partial charge in [0.2, 0.25) is 5.91 Å². The third kappa shape index (κ3) is 3.99. The third-order valence-corrected chi connectivity index (χ3v) is 6.82. The lowest BCUT2D eigenvalue weighted by molar-refractivity contribution is -0.125. The molecule has 0 atom stereocenters. The molecule has 1 amide bonds. The van der Waals surface area contributed by atoms with Crippen molar-refractivity contribution >= 4 is 23.4 Å². The molecule has 1 spiro atoms. The summed E-state index contributed by atoms with van der Waals surface area (Å²) in [4.78, 5) is 18.8. The van der Waals surface area contributed by atoms with E-state index in [0.29, 0.717) is 6.67 Å². The highest BCUT2D eigenvalue weighted by atomic mass is 32.2. The van der Waals surface area contributed by atoms with Gasteiger partial charge in [0.25, 0.3) is 0 Å². The van der Waals surface area contributed by atoms with E-state index < -0.39 is 0 Å². The van der Waals surface area contributed by atoms with Crippen LogP contribution in [0, 0.1) is 0 Å². The van der Waals surface area contributed by atoms with E-state index in [1.54, 1.807) is 0 Å². The van der Waals surface area contributed by atoms with Gasteiger partial charge in [-0.15, -0.1) is 11.8 Å². The van der Waals surface area contributed by atoms with Crippen LogP contribution in [0.1, 0.15) is 19.3 Å². The van der Waals surface area contributed by atoms with Crippen molar-refractivity contribution in [3.8, 4) is 0 Å². The molecule has 2 aromatic rings. The molecule has 0 aromatic heterocycles. The summed E-state index contributed by atoms with van der Waals surface area (Å²) in [7, 11) is 0. The lowest BCUT2D eigenvalue weighted by Crippen LogP contribution is -2.56. The van der Waals surface area contributed by atoms with Crippen molar-refractivity contribution in [1.82, 2.24) is 10.2 Å². The maximum absolute atomic E-state index is 12.7. The van der Waals surface area contributed by atoms with Gasteiger partial charge >= 0.3 is 0 Å². The largest absolute Gasteiger partial charge is 0.339 e. The van der Waals surface area contributed by atoms with E-state index >= 15 is 0 Å². The molecular formula is C22H27N3OS. The van der Waals surface area contributed by atoms with Crippen LogP contribution in [-0.4, -0.2) is 48.4 Å². The minimum Gasteiger partial charge on any atom is -0.339 e. The number of rotatable bonds is 6. The number of anilines is 1. The minimum absolute atomic E-state index is 0.200. The highest BCUT2D eigenvalue weighted by Crippen LogP contribution is 2.36. The zero-order valence-electron chi connectivity index (χ0n) is 15.6. The minimum atomic E-state index is -0.364. The zero-order chi connectivity index (χ0) is 18.5. The fourth-order valence-electron chi connectivity index (χ4n) is 4.17. The predicted molar refractivity (Wildman–Crippen MR) is 112 cm³/mol. The van der Waals surface area contributed by atoms with Gasteiger partial charge in [-0.1, -0.05) is 36.4 Å². The van der Waals surface area contributed by atoms with Crippen LogP contribution < -0.4 is 10.2 Å². The van der Waals surface area contributed by atoms with E-state index in [1.807, 2.05) is 30.0 Å². The number of nitrogens with zero attached hydrogens (tertiary/aromatic N) is 2. The Bertz CT molecular complexity index is 745. The first-order valence-corrected chi connectivity index (χ1v) is 10.8. The van der Waals surface area contributed by atoms with E-state index in [1.165, 1.54) is 11.3 Å². The van der Waals surface area contributed by atoms with Gasteiger partial charge < -0.3 is 15.1 Å². The van der Waals surface area contributed by atoms with Crippen LogP contribution in [0.15, 0.2) is 65.6 Å². The number of likely N-dealkylation sites (tertiary alicyclic amines) is 1. The van der Waals surface area contributed by atoms with Crippen LogP contribution in [0.25, 0.3) is 0 Å². The van der Waals surface area contributed by atoms with Gasteiger partial charge in [0.1, 0.15) is 5.54 Å². The third-order valence-electron chi connectivity index (χ3n) is 5.72. The number of benzene rings is 2. The van der Waals surface area contributed by atoms with Gasteiger partial charge in [0, 0.05) is 23.7 Å². The molecule has 2 aromatic carbocycles. The number of nitrogens with one attached hydrogen (secondary N) is 1. The lowest BCUT2D eigenvalue weighted by Gasteiger charge is -2.43. The Hall–Kier alpha value is -1.98. The molecule has 142 valence electrons. The lowest BCUT2D eigenvalue weighted by atomic mass is 9.85. The second-order valence-electron chi connectivity index (χ2n) is 7.32. The van der Waals surface area contributed by atoms with E-state index in [2.05, 4.69) is 57.6 Å². The average molecular weight is 382 g/mol. The molecule has 5 heteroatoms. The Morgan fingerprint density at radius 3 is 2.33 bits per heavy atom. The molecule has 1 N–H and O–H groups in total. The van der Waals surface area contributed by atoms with Crippen molar-refractivity contribution in [2.24, 2.45) is 0 Å². The number of carbonyl (C=O) groups is 1. The Balaban J connectivity index is 1.29. The van der Waals surface area contributed by atoms with Crippen LogP contribution in [0.2, 0.25) is 0 Å². The molecule has 2 heterocycles. The van der Waals surface area contributed by atoms with Crippen molar-refractivity contribution in [2.75, 3.05) is 37.0 Å². The normalized spacial score (nSPS) is 19.4. The van der Waals surface area contributed by atoms with Crippen molar-refractivity contribution in [3.05, 3.63) is 60.7 Å². The summed E-state index contributed by atoms with van der Waals surface area (Å²) >= 11 is 1.93. The van der Waals surface area contributed by atoms with Crippen LogP contribution >= 0.6 is 11.8 Å². The Morgan fingerprint density at radius 1 is 0.963 bits per heavy atom. The molecule has 27 heavy (non-hydrogen) atoms. The van der Waals surface area contributed by atoms with E-state index in [9.17, 15) is 4.79 Å². The van der Waals surface area contributed by atoms with E-state index in [-0.39, 0.29) is 11.4 Å². The monoisotopic (exact) mass is 381 g/mol. The molecule has 0 aliphatic carbocycles. The summed E-state index contributed by atoms with van der Waals surface area (Å²) in [5.74, 6) is 1.34. The molecule has 2 aliphatic heterocycles. The molecule has 0 saturated carbocycles. The number of thioether (sulfide) groups is 1. The average Bonchev–Trinajstić information content (AvgIpc) is 3.04.